The van der Waals surface area contributed by atoms with Gasteiger partial charge in [-0.05, 0) is 0 Å². The standard InChI is InChI=1S/C9H11N7/c10-7-3-11-4-8(13-7)15-1-2-16-6-12-14-9(16)5-15/h3-4,6H,1-2,5H2,(H2,10,13). The zero-order chi connectivity index (χ0) is 11.0. The van der Waals surface area contributed by atoms with Gasteiger partial charge in [0.25, 0.3) is 0 Å². The van der Waals surface area contributed by atoms with Crippen LogP contribution in [0.15, 0.2) is 18.7 Å². The van der Waals surface area contributed by atoms with Crippen LogP contribution in [-0.2, 0) is 13.1 Å². The molecule has 1 aliphatic heterocycles. The summed E-state index contributed by atoms with van der Waals surface area (Å²) in [4.78, 5) is 10.4. The molecule has 0 bridgehead atoms. The van der Waals surface area contributed by atoms with Crippen LogP contribution in [-0.4, -0.2) is 31.3 Å². The van der Waals surface area contributed by atoms with E-state index in [9.17, 15) is 0 Å². The largest absolute Gasteiger partial charge is 0.382 e. The second kappa shape index (κ2) is 3.44. The molecule has 0 aromatic carbocycles. The Morgan fingerprint density at radius 1 is 1.25 bits per heavy atom. The Balaban J connectivity index is 1.88. The van der Waals surface area contributed by atoms with Gasteiger partial charge in [0, 0.05) is 13.1 Å². The highest BCUT2D eigenvalue weighted by Gasteiger charge is 2.18. The highest BCUT2D eigenvalue weighted by atomic mass is 15.3. The SMILES string of the molecule is Nc1cncc(N2CCn3cnnc3C2)n1. The van der Waals surface area contributed by atoms with Crippen molar-refractivity contribution in [1.29, 1.82) is 0 Å². The first kappa shape index (κ1) is 9.08. The van der Waals surface area contributed by atoms with Crippen molar-refractivity contribution in [3.8, 4) is 0 Å². The summed E-state index contributed by atoms with van der Waals surface area (Å²) in [6.07, 6.45) is 5.00. The molecule has 0 fully saturated rings. The minimum Gasteiger partial charge on any atom is -0.382 e. The molecule has 2 aromatic heterocycles. The van der Waals surface area contributed by atoms with E-state index in [0.29, 0.717) is 12.4 Å². The summed E-state index contributed by atoms with van der Waals surface area (Å²) in [6, 6.07) is 0. The predicted octanol–water partition coefficient (Wildman–Crippen LogP) is -0.330. The van der Waals surface area contributed by atoms with E-state index >= 15 is 0 Å². The molecule has 82 valence electrons. The third-order valence-corrected chi connectivity index (χ3v) is 2.60. The molecule has 0 atom stereocenters. The molecule has 2 aromatic rings. The van der Waals surface area contributed by atoms with Crippen LogP contribution in [0.3, 0.4) is 0 Å². The summed E-state index contributed by atoms with van der Waals surface area (Å²) in [5.74, 6) is 2.16. The minimum atomic E-state index is 0.435. The molecule has 0 aliphatic carbocycles. The summed E-state index contributed by atoms with van der Waals surface area (Å²) < 4.78 is 2.04. The van der Waals surface area contributed by atoms with Crippen molar-refractivity contribution >= 4 is 11.6 Å². The highest BCUT2D eigenvalue weighted by molar-refractivity contribution is 5.41. The Labute approximate surface area is 91.9 Å². The predicted molar refractivity (Wildman–Crippen MR) is 57.5 cm³/mol. The molecular weight excluding hydrogens is 206 g/mol. The summed E-state index contributed by atoms with van der Waals surface area (Å²) in [6.45, 7) is 2.42. The van der Waals surface area contributed by atoms with Crippen molar-refractivity contribution in [1.82, 2.24) is 24.7 Å². The number of hydrogen-bond donors (Lipinski definition) is 1. The van der Waals surface area contributed by atoms with Gasteiger partial charge in [0.05, 0.1) is 18.9 Å². The Bertz CT molecular complexity index is 506. The van der Waals surface area contributed by atoms with E-state index in [1.807, 2.05) is 4.57 Å². The molecule has 0 saturated heterocycles. The fourth-order valence-corrected chi connectivity index (χ4v) is 1.78. The van der Waals surface area contributed by atoms with E-state index in [4.69, 9.17) is 5.73 Å². The molecule has 0 spiro atoms. The molecule has 0 amide bonds. The molecule has 2 N–H and O–H groups in total. The highest BCUT2D eigenvalue weighted by Crippen LogP contribution is 2.17. The fraction of sp³-hybridized carbons (Fsp3) is 0.333. The first-order valence-electron chi connectivity index (χ1n) is 5.02. The van der Waals surface area contributed by atoms with Gasteiger partial charge in [-0.1, -0.05) is 0 Å². The second-order valence-electron chi connectivity index (χ2n) is 3.66. The average Bonchev–Trinajstić information content (AvgIpc) is 2.75. The summed E-state index contributed by atoms with van der Waals surface area (Å²) in [5.41, 5.74) is 5.61. The number of nitrogens with two attached hydrogens (primary N) is 1. The monoisotopic (exact) mass is 217 g/mol. The van der Waals surface area contributed by atoms with Gasteiger partial charge in [-0.2, -0.15) is 0 Å². The number of aromatic nitrogens is 5. The van der Waals surface area contributed by atoms with E-state index in [2.05, 4.69) is 25.1 Å². The Hall–Kier alpha value is -2.18. The van der Waals surface area contributed by atoms with Gasteiger partial charge in [0.15, 0.2) is 5.82 Å². The van der Waals surface area contributed by atoms with Crippen LogP contribution in [0.1, 0.15) is 5.82 Å². The quantitative estimate of drug-likeness (QED) is 0.704. The van der Waals surface area contributed by atoms with Crippen molar-refractivity contribution in [2.75, 3.05) is 17.2 Å². The number of rotatable bonds is 1. The number of nitrogen functional groups attached to an aromatic ring is 1. The number of fused-ring (bicyclic) bond motifs is 1. The normalized spacial score (nSPS) is 14.9. The summed E-state index contributed by atoms with van der Waals surface area (Å²) >= 11 is 0. The van der Waals surface area contributed by atoms with E-state index < -0.39 is 0 Å². The average molecular weight is 217 g/mol. The van der Waals surface area contributed by atoms with Crippen molar-refractivity contribution < 1.29 is 0 Å². The number of hydrogen-bond acceptors (Lipinski definition) is 6. The molecule has 7 nitrogen and oxygen atoms in total. The Morgan fingerprint density at radius 3 is 3.06 bits per heavy atom. The van der Waals surface area contributed by atoms with E-state index in [1.165, 1.54) is 6.20 Å². The van der Waals surface area contributed by atoms with Crippen LogP contribution in [0, 0.1) is 0 Å². The third-order valence-electron chi connectivity index (χ3n) is 2.60. The second-order valence-corrected chi connectivity index (χ2v) is 3.66. The zero-order valence-corrected chi connectivity index (χ0v) is 8.61. The van der Waals surface area contributed by atoms with Gasteiger partial charge in [-0.15, -0.1) is 10.2 Å². The maximum Gasteiger partial charge on any atom is 0.152 e. The van der Waals surface area contributed by atoms with Gasteiger partial charge in [-0.25, -0.2) is 4.98 Å². The lowest BCUT2D eigenvalue weighted by Gasteiger charge is -2.27. The van der Waals surface area contributed by atoms with E-state index in [-0.39, 0.29) is 0 Å². The lowest BCUT2D eigenvalue weighted by Crippen LogP contribution is -2.34. The number of nitrogens with zero attached hydrogens (tertiary/aromatic N) is 6. The third kappa shape index (κ3) is 1.46. The maximum absolute atomic E-state index is 5.61. The molecule has 0 saturated carbocycles. The summed E-state index contributed by atoms with van der Waals surface area (Å²) in [5, 5.41) is 7.92. The van der Waals surface area contributed by atoms with Crippen LogP contribution in [0.4, 0.5) is 11.6 Å². The van der Waals surface area contributed by atoms with Crippen molar-refractivity contribution in [3.63, 3.8) is 0 Å². The van der Waals surface area contributed by atoms with Crippen molar-refractivity contribution in [3.05, 3.63) is 24.5 Å². The molecule has 1 aliphatic rings. The smallest absolute Gasteiger partial charge is 0.152 e. The van der Waals surface area contributed by atoms with Crippen molar-refractivity contribution in [2.24, 2.45) is 0 Å². The van der Waals surface area contributed by atoms with Gasteiger partial charge < -0.3 is 15.2 Å². The van der Waals surface area contributed by atoms with Crippen LogP contribution in [0.25, 0.3) is 0 Å². The van der Waals surface area contributed by atoms with Crippen LogP contribution < -0.4 is 10.6 Å². The Morgan fingerprint density at radius 2 is 2.19 bits per heavy atom. The molecule has 7 heteroatoms. The number of anilines is 2. The van der Waals surface area contributed by atoms with Crippen LogP contribution in [0.2, 0.25) is 0 Å². The Kier molecular flexibility index (Phi) is 1.95. The molecule has 3 heterocycles. The molecular formula is C9H11N7. The molecule has 3 rings (SSSR count). The van der Waals surface area contributed by atoms with Gasteiger partial charge in [-0.3, -0.25) is 4.98 Å². The van der Waals surface area contributed by atoms with Gasteiger partial charge in [0.2, 0.25) is 0 Å². The lowest BCUT2D eigenvalue weighted by molar-refractivity contribution is 0.556. The molecule has 0 radical (unpaired) electrons. The summed E-state index contributed by atoms with van der Waals surface area (Å²) in [7, 11) is 0. The van der Waals surface area contributed by atoms with Gasteiger partial charge >= 0.3 is 0 Å². The lowest BCUT2D eigenvalue weighted by atomic mass is 10.3. The zero-order valence-electron chi connectivity index (χ0n) is 8.61. The van der Waals surface area contributed by atoms with Crippen LogP contribution >= 0.6 is 0 Å². The molecule has 0 unspecified atom stereocenters. The van der Waals surface area contributed by atoms with E-state index in [1.54, 1.807) is 12.5 Å². The first-order valence-corrected chi connectivity index (χ1v) is 5.02. The maximum atomic E-state index is 5.61. The molecule has 16 heavy (non-hydrogen) atoms. The van der Waals surface area contributed by atoms with Crippen molar-refractivity contribution in [2.45, 2.75) is 13.1 Å². The first-order chi connectivity index (χ1) is 7.83. The topological polar surface area (TPSA) is 85.8 Å². The van der Waals surface area contributed by atoms with E-state index in [0.717, 1.165) is 24.7 Å². The fourth-order valence-electron chi connectivity index (χ4n) is 1.78. The van der Waals surface area contributed by atoms with Crippen LogP contribution in [0.5, 0.6) is 0 Å². The minimum absolute atomic E-state index is 0.435. The van der Waals surface area contributed by atoms with Gasteiger partial charge in [0.1, 0.15) is 18.0 Å².